The molecular formula is C16H21F2IN4O2. The number of alkyl halides is 2. The van der Waals surface area contributed by atoms with Gasteiger partial charge in [0.1, 0.15) is 11.5 Å². The quantitative estimate of drug-likeness (QED) is 0.388. The number of nitrogens with zero attached hydrogens (tertiary/aromatic N) is 2. The van der Waals surface area contributed by atoms with E-state index in [1.807, 2.05) is 13.8 Å². The molecule has 0 spiro atoms. The van der Waals surface area contributed by atoms with E-state index in [0.29, 0.717) is 24.0 Å². The van der Waals surface area contributed by atoms with Crippen LogP contribution in [-0.2, 0) is 13.1 Å². The molecule has 9 heteroatoms. The predicted octanol–water partition coefficient (Wildman–Crippen LogP) is 3.38. The van der Waals surface area contributed by atoms with Gasteiger partial charge in [-0.25, -0.2) is 4.98 Å². The fourth-order valence-corrected chi connectivity index (χ4v) is 2.03. The fourth-order valence-electron chi connectivity index (χ4n) is 2.03. The van der Waals surface area contributed by atoms with E-state index in [1.54, 1.807) is 25.2 Å². The number of hydrogen-bond acceptors (Lipinski definition) is 4. The molecule has 6 nitrogen and oxygen atoms in total. The molecule has 0 saturated heterocycles. The van der Waals surface area contributed by atoms with Gasteiger partial charge in [0.15, 0.2) is 5.96 Å². The van der Waals surface area contributed by atoms with Crippen LogP contribution in [0.25, 0.3) is 0 Å². The summed E-state index contributed by atoms with van der Waals surface area (Å²) in [5, 5.41) is 6.09. The van der Waals surface area contributed by atoms with E-state index in [0.717, 1.165) is 11.5 Å². The lowest BCUT2D eigenvalue weighted by atomic mass is 10.2. The van der Waals surface area contributed by atoms with Gasteiger partial charge >= 0.3 is 6.61 Å². The number of aromatic nitrogens is 1. The summed E-state index contributed by atoms with van der Waals surface area (Å²) in [6.45, 7) is 1.50. The zero-order valence-electron chi connectivity index (χ0n) is 14.2. The molecule has 0 unspecified atom stereocenters. The molecule has 1 aromatic carbocycles. The number of hydrogen-bond donors (Lipinski definition) is 2. The Morgan fingerprint density at radius 3 is 2.52 bits per heavy atom. The Morgan fingerprint density at radius 2 is 1.92 bits per heavy atom. The maximum atomic E-state index is 12.4. The average molecular weight is 466 g/mol. The highest BCUT2D eigenvalue weighted by atomic mass is 127. The van der Waals surface area contributed by atoms with Crippen LogP contribution in [0.3, 0.4) is 0 Å². The van der Waals surface area contributed by atoms with Crippen molar-refractivity contribution in [3.05, 3.63) is 47.2 Å². The summed E-state index contributed by atoms with van der Waals surface area (Å²) in [6.07, 6.45) is 0. The number of aliphatic imine (C=N–C) groups is 1. The van der Waals surface area contributed by atoms with Crippen LogP contribution in [0.15, 0.2) is 33.7 Å². The van der Waals surface area contributed by atoms with Crippen molar-refractivity contribution < 1.29 is 17.9 Å². The van der Waals surface area contributed by atoms with Crippen molar-refractivity contribution >= 4 is 29.9 Å². The molecule has 0 bridgehead atoms. The van der Waals surface area contributed by atoms with E-state index in [4.69, 9.17) is 4.42 Å². The third-order valence-electron chi connectivity index (χ3n) is 3.34. The second-order valence-electron chi connectivity index (χ2n) is 5.01. The van der Waals surface area contributed by atoms with Crippen molar-refractivity contribution in [2.24, 2.45) is 4.99 Å². The summed E-state index contributed by atoms with van der Waals surface area (Å²) in [5.41, 5.74) is 1.44. The predicted molar refractivity (Wildman–Crippen MR) is 102 cm³/mol. The smallest absolute Gasteiger partial charge is 0.387 e. The van der Waals surface area contributed by atoms with E-state index >= 15 is 0 Å². The minimum atomic E-state index is -2.86. The van der Waals surface area contributed by atoms with E-state index in [2.05, 4.69) is 25.3 Å². The molecule has 2 aromatic rings. The molecule has 2 N–H and O–H groups in total. The van der Waals surface area contributed by atoms with Crippen LogP contribution in [0.5, 0.6) is 5.75 Å². The van der Waals surface area contributed by atoms with Gasteiger partial charge in [0.05, 0.1) is 12.2 Å². The second-order valence-corrected chi connectivity index (χ2v) is 5.01. The lowest BCUT2D eigenvalue weighted by Crippen LogP contribution is -2.36. The zero-order chi connectivity index (χ0) is 17.5. The van der Waals surface area contributed by atoms with Crippen molar-refractivity contribution in [3.8, 4) is 5.75 Å². The second kappa shape index (κ2) is 10.2. The Bertz CT molecular complexity index is 688. The lowest BCUT2D eigenvalue weighted by Gasteiger charge is -2.13. The van der Waals surface area contributed by atoms with Crippen LogP contribution in [0.2, 0.25) is 0 Å². The van der Waals surface area contributed by atoms with Crippen molar-refractivity contribution in [1.29, 1.82) is 0 Å². The van der Waals surface area contributed by atoms with Crippen molar-refractivity contribution in [2.45, 2.75) is 33.5 Å². The Morgan fingerprint density at radius 1 is 1.24 bits per heavy atom. The van der Waals surface area contributed by atoms with Gasteiger partial charge < -0.3 is 19.8 Å². The van der Waals surface area contributed by atoms with Gasteiger partial charge in [0, 0.05) is 19.2 Å². The Kier molecular flexibility index (Phi) is 8.59. The molecule has 2 rings (SSSR count). The van der Waals surface area contributed by atoms with Gasteiger partial charge in [0.25, 0.3) is 0 Å². The van der Waals surface area contributed by atoms with Crippen LogP contribution in [0.4, 0.5) is 8.78 Å². The summed E-state index contributed by atoms with van der Waals surface area (Å²) >= 11 is 0. The van der Waals surface area contributed by atoms with E-state index in [9.17, 15) is 8.78 Å². The Balaban J connectivity index is 0.00000312. The average Bonchev–Trinajstić information content (AvgIpc) is 2.87. The third kappa shape index (κ3) is 6.48. The summed E-state index contributed by atoms with van der Waals surface area (Å²) in [4.78, 5) is 8.34. The lowest BCUT2D eigenvalue weighted by molar-refractivity contribution is -0.0504. The molecule has 138 valence electrons. The monoisotopic (exact) mass is 466 g/mol. The SMILES string of the molecule is CN=C(NCc1nc(C)c(C)o1)NCc1ccccc1OC(F)F.I. The third-order valence-corrected chi connectivity index (χ3v) is 3.34. The molecule has 0 radical (unpaired) electrons. The summed E-state index contributed by atoms with van der Waals surface area (Å²) < 4.78 is 34.8. The zero-order valence-corrected chi connectivity index (χ0v) is 16.5. The standard InChI is InChI=1S/C16H20F2N4O2.HI/c1-10-11(2)23-14(22-10)9-21-16(19-3)20-8-12-6-4-5-7-13(12)24-15(17)18;/h4-7,15H,8-9H2,1-3H3,(H2,19,20,21);1H. The first-order valence-corrected chi connectivity index (χ1v) is 7.39. The number of para-hydroxylation sites is 1. The largest absolute Gasteiger partial charge is 0.444 e. The van der Waals surface area contributed by atoms with Crippen molar-refractivity contribution in [3.63, 3.8) is 0 Å². The van der Waals surface area contributed by atoms with Gasteiger partial charge in [-0.3, -0.25) is 4.99 Å². The molecule has 1 heterocycles. The number of rotatable bonds is 6. The minimum Gasteiger partial charge on any atom is -0.444 e. The van der Waals surface area contributed by atoms with Crippen LogP contribution in [0.1, 0.15) is 22.9 Å². The van der Waals surface area contributed by atoms with Gasteiger partial charge in [0.2, 0.25) is 5.89 Å². The first kappa shape index (κ1) is 21.1. The van der Waals surface area contributed by atoms with Crippen LogP contribution in [-0.4, -0.2) is 24.6 Å². The normalized spacial score (nSPS) is 11.2. The van der Waals surface area contributed by atoms with E-state index in [-0.39, 0.29) is 36.3 Å². The number of halogens is 3. The molecule has 0 aliphatic carbocycles. The highest BCUT2D eigenvalue weighted by Gasteiger charge is 2.10. The number of ether oxygens (including phenoxy) is 1. The van der Waals surface area contributed by atoms with Gasteiger partial charge in [-0.2, -0.15) is 8.78 Å². The highest BCUT2D eigenvalue weighted by molar-refractivity contribution is 14.0. The molecule has 25 heavy (non-hydrogen) atoms. The first-order chi connectivity index (χ1) is 11.5. The summed E-state index contributed by atoms with van der Waals surface area (Å²) in [5.74, 6) is 1.95. The molecular weight excluding hydrogens is 445 g/mol. The number of nitrogens with one attached hydrogen (secondary N) is 2. The number of benzene rings is 1. The molecule has 0 atom stereocenters. The number of oxazole rings is 1. The van der Waals surface area contributed by atoms with Gasteiger partial charge in [-0.05, 0) is 19.9 Å². The molecule has 0 saturated carbocycles. The molecule has 0 amide bonds. The Hall–Kier alpha value is -1.91. The summed E-state index contributed by atoms with van der Waals surface area (Å²) in [6, 6.07) is 6.60. The highest BCUT2D eigenvalue weighted by Crippen LogP contribution is 2.19. The number of aryl methyl sites for hydroxylation is 2. The topological polar surface area (TPSA) is 71.7 Å². The van der Waals surface area contributed by atoms with Crippen molar-refractivity contribution in [2.75, 3.05) is 7.05 Å². The number of guanidine groups is 1. The van der Waals surface area contributed by atoms with Crippen LogP contribution >= 0.6 is 24.0 Å². The van der Waals surface area contributed by atoms with E-state index < -0.39 is 6.61 Å². The minimum absolute atomic E-state index is 0. The van der Waals surface area contributed by atoms with Gasteiger partial charge in [-0.15, -0.1) is 24.0 Å². The fraction of sp³-hybridized carbons (Fsp3) is 0.375. The molecule has 0 aliphatic rings. The Labute approximate surface area is 162 Å². The summed E-state index contributed by atoms with van der Waals surface area (Å²) in [7, 11) is 1.61. The van der Waals surface area contributed by atoms with Gasteiger partial charge in [-0.1, -0.05) is 18.2 Å². The maximum absolute atomic E-state index is 12.4. The molecule has 0 aliphatic heterocycles. The molecule has 1 aromatic heterocycles. The molecule has 0 fully saturated rings. The van der Waals surface area contributed by atoms with E-state index in [1.165, 1.54) is 6.07 Å². The maximum Gasteiger partial charge on any atom is 0.387 e. The van der Waals surface area contributed by atoms with Crippen molar-refractivity contribution in [1.82, 2.24) is 15.6 Å². The first-order valence-electron chi connectivity index (χ1n) is 7.39. The van der Waals surface area contributed by atoms with Crippen LogP contribution < -0.4 is 15.4 Å². The van der Waals surface area contributed by atoms with Crippen LogP contribution in [0, 0.1) is 13.8 Å².